The third-order valence-electron chi connectivity index (χ3n) is 4.64. The van der Waals surface area contributed by atoms with Gasteiger partial charge in [0, 0.05) is 0 Å². The summed E-state index contributed by atoms with van der Waals surface area (Å²) in [6.07, 6.45) is 8.21. The van der Waals surface area contributed by atoms with Gasteiger partial charge < -0.3 is 0 Å². The molecule has 0 N–H and O–H groups in total. The van der Waals surface area contributed by atoms with Crippen molar-refractivity contribution in [3.8, 4) is 0 Å². The highest BCUT2D eigenvalue weighted by molar-refractivity contribution is 4.84. The van der Waals surface area contributed by atoms with Crippen LogP contribution in [0.4, 0.5) is 0 Å². The summed E-state index contributed by atoms with van der Waals surface area (Å²) >= 11 is 0. The molecule has 0 fully saturated rings. The summed E-state index contributed by atoms with van der Waals surface area (Å²) in [7, 11) is 0. The Kier molecular flexibility index (Phi) is 7.30. The lowest BCUT2D eigenvalue weighted by Gasteiger charge is -2.41. The van der Waals surface area contributed by atoms with Gasteiger partial charge in [0.15, 0.2) is 0 Å². The fourth-order valence-electron chi connectivity index (χ4n) is 2.82. The van der Waals surface area contributed by atoms with Crippen molar-refractivity contribution in [2.24, 2.45) is 17.3 Å². The Morgan fingerprint density at radius 3 is 1.93 bits per heavy atom. The molecule has 0 bridgehead atoms. The van der Waals surface area contributed by atoms with E-state index >= 15 is 0 Å². The van der Waals surface area contributed by atoms with Gasteiger partial charge in [-0.2, -0.15) is 0 Å². The maximum atomic E-state index is 2.52. The first-order valence-electron chi connectivity index (χ1n) is 7.02. The zero-order valence-corrected chi connectivity index (χ0v) is 11.9. The van der Waals surface area contributed by atoms with Gasteiger partial charge >= 0.3 is 0 Å². The van der Waals surface area contributed by atoms with Crippen LogP contribution < -0.4 is 0 Å². The monoisotopic (exact) mass is 212 g/mol. The first kappa shape index (κ1) is 15.0. The quantitative estimate of drug-likeness (QED) is 0.486. The minimum Gasteiger partial charge on any atom is -0.0654 e. The van der Waals surface area contributed by atoms with Gasteiger partial charge in [-0.1, -0.05) is 73.6 Å². The summed E-state index contributed by atoms with van der Waals surface area (Å²) in [5.41, 5.74) is 0.568. The van der Waals surface area contributed by atoms with Crippen molar-refractivity contribution < 1.29 is 0 Å². The number of rotatable bonds is 8. The number of unbranched alkanes of at least 4 members (excludes halogenated alkanes) is 1. The van der Waals surface area contributed by atoms with Crippen molar-refractivity contribution in [1.82, 2.24) is 0 Å². The molecule has 0 aromatic carbocycles. The van der Waals surface area contributed by atoms with Gasteiger partial charge in [0.05, 0.1) is 0 Å². The Hall–Kier alpha value is 0. The highest BCUT2D eigenvalue weighted by atomic mass is 14.4. The Morgan fingerprint density at radius 1 is 0.933 bits per heavy atom. The fraction of sp³-hybridized carbons (Fsp3) is 1.00. The van der Waals surface area contributed by atoms with E-state index in [1.807, 2.05) is 0 Å². The Balaban J connectivity index is 4.45. The van der Waals surface area contributed by atoms with Gasteiger partial charge in [-0.15, -0.1) is 0 Å². The molecule has 0 rings (SSSR count). The van der Waals surface area contributed by atoms with E-state index in [1.54, 1.807) is 0 Å². The van der Waals surface area contributed by atoms with Crippen molar-refractivity contribution in [2.75, 3.05) is 0 Å². The molecule has 3 atom stereocenters. The van der Waals surface area contributed by atoms with Crippen LogP contribution in [0, 0.1) is 17.3 Å². The van der Waals surface area contributed by atoms with Gasteiger partial charge in [0.1, 0.15) is 0 Å². The molecule has 15 heavy (non-hydrogen) atoms. The van der Waals surface area contributed by atoms with E-state index in [0.717, 1.165) is 11.8 Å². The first-order valence-corrected chi connectivity index (χ1v) is 7.02. The van der Waals surface area contributed by atoms with Crippen molar-refractivity contribution in [2.45, 2.75) is 80.1 Å². The molecule has 0 aromatic rings. The van der Waals surface area contributed by atoms with E-state index in [4.69, 9.17) is 0 Å². The molecule has 0 aromatic heterocycles. The summed E-state index contributed by atoms with van der Waals surface area (Å²) in [4.78, 5) is 0. The normalized spacial score (nSPS) is 19.6. The van der Waals surface area contributed by atoms with Gasteiger partial charge in [-0.3, -0.25) is 0 Å². The standard InChI is InChI=1S/C15H32/c1-7-10-11-14(5)15(6,12-8-2)13(4)9-3/h13-14H,7-12H2,1-6H3. The highest BCUT2D eigenvalue weighted by Gasteiger charge is 2.34. The Morgan fingerprint density at radius 2 is 1.53 bits per heavy atom. The van der Waals surface area contributed by atoms with Crippen LogP contribution in [0.2, 0.25) is 0 Å². The predicted molar refractivity (Wildman–Crippen MR) is 71.2 cm³/mol. The lowest BCUT2D eigenvalue weighted by molar-refractivity contribution is 0.0884. The van der Waals surface area contributed by atoms with Crippen molar-refractivity contribution in [3.05, 3.63) is 0 Å². The van der Waals surface area contributed by atoms with Crippen molar-refractivity contribution in [1.29, 1.82) is 0 Å². The van der Waals surface area contributed by atoms with E-state index in [-0.39, 0.29) is 0 Å². The Labute approximate surface area is 97.8 Å². The van der Waals surface area contributed by atoms with E-state index < -0.39 is 0 Å². The average molecular weight is 212 g/mol. The topological polar surface area (TPSA) is 0 Å². The second-order valence-electron chi connectivity index (χ2n) is 5.61. The SMILES string of the molecule is CCCCC(C)C(C)(CCC)C(C)CC. The summed E-state index contributed by atoms with van der Waals surface area (Å²) in [6, 6.07) is 0. The molecule has 0 saturated carbocycles. The number of hydrogen-bond donors (Lipinski definition) is 0. The summed E-state index contributed by atoms with van der Waals surface area (Å²) in [5, 5.41) is 0. The summed E-state index contributed by atoms with van der Waals surface area (Å²) < 4.78 is 0. The summed E-state index contributed by atoms with van der Waals surface area (Å²) in [6.45, 7) is 14.4. The first-order chi connectivity index (χ1) is 7.02. The van der Waals surface area contributed by atoms with Crippen LogP contribution in [0.1, 0.15) is 80.1 Å². The van der Waals surface area contributed by atoms with Gasteiger partial charge in [0.25, 0.3) is 0 Å². The molecule has 0 amide bonds. The molecule has 0 spiro atoms. The van der Waals surface area contributed by atoms with Crippen LogP contribution in [-0.2, 0) is 0 Å². The molecule has 92 valence electrons. The van der Waals surface area contributed by atoms with E-state index in [0.29, 0.717) is 5.41 Å². The molecule has 0 radical (unpaired) electrons. The molecule has 3 unspecified atom stereocenters. The highest BCUT2D eigenvalue weighted by Crippen LogP contribution is 2.43. The molecular formula is C15H32. The van der Waals surface area contributed by atoms with E-state index in [9.17, 15) is 0 Å². The van der Waals surface area contributed by atoms with Gasteiger partial charge in [-0.25, -0.2) is 0 Å². The van der Waals surface area contributed by atoms with Crippen LogP contribution in [0.5, 0.6) is 0 Å². The zero-order chi connectivity index (χ0) is 11.9. The average Bonchev–Trinajstić information content (AvgIpc) is 2.24. The van der Waals surface area contributed by atoms with E-state index in [2.05, 4.69) is 41.5 Å². The molecule has 0 aliphatic heterocycles. The molecule has 0 aliphatic carbocycles. The van der Waals surface area contributed by atoms with Crippen LogP contribution in [0.3, 0.4) is 0 Å². The largest absolute Gasteiger partial charge is 0.0654 e. The van der Waals surface area contributed by atoms with Gasteiger partial charge in [-0.05, 0) is 23.7 Å². The van der Waals surface area contributed by atoms with Crippen LogP contribution in [-0.4, -0.2) is 0 Å². The molecular weight excluding hydrogens is 180 g/mol. The third kappa shape index (κ3) is 4.17. The molecule has 0 nitrogen and oxygen atoms in total. The molecule has 0 aliphatic rings. The maximum Gasteiger partial charge on any atom is -0.0275 e. The maximum absolute atomic E-state index is 2.52. The van der Waals surface area contributed by atoms with E-state index in [1.165, 1.54) is 38.5 Å². The van der Waals surface area contributed by atoms with Crippen LogP contribution in [0.25, 0.3) is 0 Å². The minimum absolute atomic E-state index is 0.568. The third-order valence-corrected chi connectivity index (χ3v) is 4.64. The predicted octanol–water partition coefficient (Wildman–Crippen LogP) is 5.67. The molecule has 0 heteroatoms. The smallest absolute Gasteiger partial charge is 0.0275 e. The number of hydrogen-bond acceptors (Lipinski definition) is 0. The van der Waals surface area contributed by atoms with Crippen LogP contribution >= 0.6 is 0 Å². The summed E-state index contributed by atoms with van der Waals surface area (Å²) in [5.74, 6) is 1.75. The Bertz CT molecular complexity index is 150. The fourth-order valence-corrected chi connectivity index (χ4v) is 2.82. The van der Waals surface area contributed by atoms with Crippen LogP contribution in [0.15, 0.2) is 0 Å². The lowest BCUT2D eigenvalue weighted by atomic mass is 9.64. The van der Waals surface area contributed by atoms with Crippen molar-refractivity contribution in [3.63, 3.8) is 0 Å². The van der Waals surface area contributed by atoms with Crippen molar-refractivity contribution >= 4 is 0 Å². The molecule has 0 saturated heterocycles. The second kappa shape index (κ2) is 7.30. The zero-order valence-electron chi connectivity index (χ0n) is 11.9. The van der Waals surface area contributed by atoms with Gasteiger partial charge in [0.2, 0.25) is 0 Å². The minimum atomic E-state index is 0.568. The molecule has 0 heterocycles. The lowest BCUT2D eigenvalue weighted by Crippen LogP contribution is -2.32. The second-order valence-corrected chi connectivity index (χ2v) is 5.61.